The predicted octanol–water partition coefficient (Wildman–Crippen LogP) is 3.34. The van der Waals surface area contributed by atoms with Crippen LogP contribution in [-0.4, -0.2) is 42.4 Å². The van der Waals surface area contributed by atoms with E-state index in [1.54, 1.807) is 12.1 Å². The monoisotopic (exact) mass is 367 g/mol. The van der Waals surface area contributed by atoms with Gasteiger partial charge in [0.05, 0.1) is 6.10 Å². The second kappa shape index (κ2) is 6.66. The zero-order valence-corrected chi connectivity index (χ0v) is 15.0. The molecule has 5 heteroatoms. The van der Waals surface area contributed by atoms with Crippen LogP contribution in [-0.2, 0) is 6.42 Å². The molecule has 4 nitrogen and oxygen atoms in total. The summed E-state index contributed by atoms with van der Waals surface area (Å²) >= 11 is 0. The third kappa shape index (κ3) is 2.91. The highest BCUT2D eigenvalue weighted by molar-refractivity contribution is 5.74. The minimum absolute atomic E-state index is 0.00358. The Bertz CT molecular complexity index is 910. The molecule has 0 radical (unpaired) electrons. The average molecular weight is 367 g/mol. The van der Waals surface area contributed by atoms with Gasteiger partial charge in [-0.05, 0) is 47.7 Å². The topological polar surface area (TPSA) is 41.9 Å². The van der Waals surface area contributed by atoms with Crippen LogP contribution in [0.4, 0.5) is 4.39 Å². The molecule has 0 aromatic heterocycles. The fourth-order valence-corrected chi connectivity index (χ4v) is 4.47. The molecule has 2 atom stereocenters. The maximum atomic E-state index is 13.5. The van der Waals surface area contributed by atoms with Gasteiger partial charge >= 0.3 is 0 Å². The van der Waals surface area contributed by atoms with Crippen LogP contribution >= 0.6 is 0 Å². The quantitative estimate of drug-likeness (QED) is 0.884. The molecule has 0 saturated heterocycles. The van der Waals surface area contributed by atoms with Gasteiger partial charge in [0.15, 0.2) is 11.5 Å². The number of hydrogen-bond donors (Lipinski definition) is 1. The number of benzene rings is 2. The predicted molar refractivity (Wildman–Crippen MR) is 100 cm³/mol. The van der Waals surface area contributed by atoms with Gasteiger partial charge in [0.25, 0.3) is 0 Å². The van der Waals surface area contributed by atoms with Crippen LogP contribution in [0.2, 0.25) is 0 Å². The first-order valence-electron chi connectivity index (χ1n) is 9.49. The van der Waals surface area contributed by atoms with Gasteiger partial charge in [-0.2, -0.15) is 0 Å². The number of hydrogen-bond acceptors (Lipinski definition) is 4. The van der Waals surface area contributed by atoms with Gasteiger partial charge in [-0.3, -0.25) is 4.90 Å². The Labute approximate surface area is 157 Å². The molecule has 2 heterocycles. The molecule has 2 aromatic carbocycles. The van der Waals surface area contributed by atoms with Crippen LogP contribution in [0.15, 0.2) is 42.5 Å². The van der Waals surface area contributed by atoms with Crippen molar-refractivity contribution < 1.29 is 19.0 Å². The molecule has 0 unspecified atom stereocenters. The number of aliphatic hydroxyl groups is 1. The number of halogens is 1. The van der Waals surface area contributed by atoms with Gasteiger partial charge in [0.2, 0.25) is 0 Å². The Kier molecular flexibility index (Phi) is 4.14. The summed E-state index contributed by atoms with van der Waals surface area (Å²) in [6.07, 6.45) is 3.23. The average Bonchev–Trinajstić information content (AvgIpc) is 3.03. The molecule has 0 spiro atoms. The lowest BCUT2D eigenvalue weighted by Gasteiger charge is -2.34. The number of para-hydroxylation sites is 1. The van der Waals surface area contributed by atoms with Crippen molar-refractivity contribution in [1.82, 2.24) is 4.90 Å². The molecule has 2 aliphatic heterocycles. The second-order valence-corrected chi connectivity index (χ2v) is 7.36. The van der Waals surface area contributed by atoms with Gasteiger partial charge in [0.1, 0.15) is 19.0 Å². The Morgan fingerprint density at radius 1 is 1.11 bits per heavy atom. The molecular formula is C22H22FNO3. The normalized spacial score (nSPS) is 24.4. The van der Waals surface area contributed by atoms with Gasteiger partial charge in [-0.15, -0.1) is 0 Å². The summed E-state index contributed by atoms with van der Waals surface area (Å²) in [5.41, 5.74) is 4.14. The van der Waals surface area contributed by atoms with Crippen LogP contribution < -0.4 is 9.47 Å². The van der Waals surface area contributed by atoms with E-state index in [1.165, 1.54) is 11.6 Å². The smallest absolute Gasteiger partial charge is 0.168 e. The van der Waals surface area contributed by atoms with E-state index in [4.69, 9.17) is 9.47 Å². The fourth-order valence-electron chi connectivity index (χ4n) is 4.47. The maximum Gasteiger partial charge on any atom is 0.168 e. The summed E-state index contributed by atoms with van der Waals surface area (Å²) in [4.78, 5) is 2.29. The first-order valence-corrected chi connectivity index (χ1v) is 9.49. The summed E-state index contributed by atoms with van der Waals surface area (Å²) in [5, 5.41) is 10.7. The highest BCUT2D eigenvalue weighted by atomic mass is 19.1. The molecule has 0 saturated carbocycles. The molecule has 27 heavy (non-hydrogen) atoms. The van der Waals surface area contributed by atoms with Crippen molar-refractivity contribution in [2.45, 2.75) is 25.0 Å². The largest absolute Gasteiger partial charge is 0.486 e. The third-order valence-electron chi connectivity index (χ3n) is 5.84. The van der Waals surface area contributed by atoms with Gasteiger partial charge in [-0.1, -0.05) is 24.3 Å². The van der Waals surface area contributed by atoms with Crippen LogP contribution in [0.1, 0.15) is 29.2 Å². The molecule has 0 amide bonds. The lowest BCUT2D eigenvalue weighted by molar-refractivity contribution is 0.0669. The number of ether oxygens (including phenoxy) is 2. The highest BCUT2D eigenvalue weighted by Crippen LogP contribution is 2.41. The van der Waals surface area contributed by atoms with Crippen LogP contribution in [0.5, 0.6) is 11.5 Å². The van der Waals surface area contributed by atoms with E-state index in [-0.39, 0.29) is 11.9 Å². The molecular weight excluding hydrogens is 345 g/mol. The fraction of sp³-hybridized carbons (Fsp3) is 0.364. The van der Waals surface area contributed by atoms with Crippen molar-refractivity contribution in [3.8, 4) is 11.5 Å². The SMILES string of the molecule is O[C@H]1c2ccc(F)cc2C[C@@H]1N1CC=C(c2cccc3c2OCCO3)CC1. The molecule has 1 N–H and O–H groups in total. The van der Waals surface area contributed by atoms with Crippen molar-refractivity contribution in [2.75, 3.05) is 26.3 Å². The zero-order valence-electron chi connectivity index (χ0n) is 15.0. The maximum absolute atomic E-state index is 13.5. The molecule has 0 fully saturated rings. The summed E-state index contributed by atoms with van der Waals surface area (Å²) in [6.45, 7) is 2.78. The number of aliphatic hydroxyl groups excluding tert-OH is 1. The van der Waals surface area contributed by atoms with Gasteiger partial charge in [0, 0.05) is 24.7 Å². The van der Waals surface area contributed by atoms with Crippen molar-refractivity contribution in [1.29, 1.82) is 0 Å². The highest BCUT2D eigenvalue weighted by Gasteiger charge is 2.36. The Morgan fingerprint density at radius 2 is 2.00 bits per heavy atom. The van der Waals surface area contributed by atoms with Crippen LogP contribution in [0.25, 0.3) is 5.57 Å². The van der Waals surface area contributed by atoms with E-state index in [0.717, 1.165) is 47.7 Å². The zero-order chi connectivity index (χ0) is 18.4. The summed E-state index contributed by atoms with van der Waals surface area (Å²) < 4.78 is 25.0. The standard InChI is InChI=1S/C22H22FNO3/c23-16-4-5-17-15(12-16)13-19(21(17)25)24-8-6-14(7-9-24)18-2-1-3-20-22(18)27-11-10-26-20/h1-6,12,19,21,25H,7-11,13H2/t19-,21-/m0/s1. The van der Waals surface area contributed by atoms with Crippen LogP contribution in [0.3, 0.4) is 0 Å². The van der Waals surface area contributed by atoms with Crippen molar-refractivity contribution in [2.24, 2.45) is 0 Å². The second-order valence-electron chi connectivity index (χ2n) is 7.36. The molecule has 0 bridgehead atoms. The number of rotatable bonds is 2. The van der Waals surface area contributed by atoms with Crippen molar-refractivity contribution >= 4 is 5.57 Å². The summed E-state index contributed by atoms with van der Waals surface area (Å²) in [7, 11) is 0. The van der Waals surface area contributed by atoms with Crippen molar-refractivity contribution in [3.05, 3.63) is 65.0 Å². The van der Waals surface area contributed by atoms with Gasteiger partial charge < -0.3 is 14.6 Å². The first kappa shape index (κ1) is 16.8. The van der Waals surface area contributed by atoms with E-state index >= 15 is 0 Å². The Hall–Kier alpha value is -2.37. The molecule has 140 valence electrons. The number of fused-ring (bicyclic) bond motifs is 2. The molecule has 3 aliphatic rings. The Morgan fingerprint density at radius 3 is 2.85 bits per heavy atom. The lowest BCUT2D eigenvalue weighted by atomic mass is 9.96. The van der Waals surface area contributed by atoms with Crippen molar-refractivity contribution in [3.63, 3.8) is 0 Å². The van der Waals surface area contributed by atoms with Gasteiger partial charge in [-0.25, -0.2) is 4.39 Å². The molecule has 5 rings (SSSR count). The minimum Gasteiger partial charge on any atom is -0.486 e. The van der Waals surface area contributed by atoms with E-state index in [2.05, 4.69) is 17.0 Å². The molecule has 2 aromatic rings. The van der Waals surface area contributed by atoms with E-state index in [9.17, 15) is 9.50 Å². The third-order valence-corrected chi connectivity index (χ3v) is 5.84. The lowest BCUT2D eigenvalue weighted by Crippen LogP contribution is -2.40. The summed E-state index contributed by atoms with van der Waals surface area (Å²) in [5.74, 6) is 1.41. The summed E-state index contributed by atoms with van der Waals surface area (Å²) in [6, 6.07) is 10.7. The Balaban J connectivity index is 1.35. The minimum atomic E-state index is -0.559. The van der Waals surface area contributed by atoms with E-state index in [1.807, 2.05) is 12.1 Å². The molecule has 1 aliphatic carbocycles. The number of nitrogens with zero attached hydrogens (tertiary/aromatic N) is 1. The van der Waals surface area contributed by atoms with E-state index < -0.39 is 6.10 Å². The van der Waals surface area contributed by atoms with Crippen LogP contribution in [0, 0.1) is 5.82 Å². The first-order chi connectivity index (χ1) is 13.2. The van der Waals surface area contributed by atoms with E-state index in [0.29, 0.717) is 19.6 Å².